The Hall–Kier alpha value is -1.77. The molecule has 18 heavy (non-hydrogen) atoms. The molecule has 0 aliphatic carbocycles. The maximum absolute atomic E-state index is 11.7. The van der Waals surface area contributed by atoms with Crippen LogP contribution in [-0.4, -0.2) is 10.1 Å². The van der Waals surface area contributed by atoms with Crippen molar-refractivity contribution in [2.24, 2.45) is 0 Å². The summed E-state index contributed by atoms with van der Waals surface area (Å²) in [4.78, 5) is 14.5. The molecule has 0 aliphatic rings. The Balaban J connectivity index is 2.52. The molecule has 0 unspecified atom stereocenters. The average molecular weight is 245 g/mol. The molecular weight excluding hydrogens is 226 g/mol. The molecule has 0 amide bonds. The van der Waals surface area contributed by atoms with E-state index < -0.39 is 0 Å². The van der Waals surface area contributed by atoms with Gasteiger partial charge in [0.15, 0.2) is 0 Å². The number of unbranched alkanes of at least 4 members (excludes halogenated alkanes) is 2. The number of H-pyrrole nitrogens is 1. The first-order valence-corrected chi connectivity index (χ1v) is 6.48. The lowest BCUT2D eigenvalue weighted by Crippen LogP contribution is -2.07. The van der Waals surface area contributed by atoms with Crippen molar-refractivity contribution in [2.75, 3.05) is 0 Å². The van der Waals surface area contributed by atoms with Gasteiger partial charge in [0.25, 0.3) is 0 Å². The van der Waals surface area contributed by atoms with Gasteiger partial charge in [-0.3, -0.25) is 4.79 Å². The van der Waals surface area contributed by atoms with Crippen molar-refractivity contribution in [3.8, 4) is 5.75 Å². The third kappa shape index (κ3) is 2.40. The number of aromatic nitrogens is 1. The summed E-state index contributed by atoms with van der Waals surface area (Å²) in [5.74, 6) is 0.226. The molecule has 96 valence electrons. The molecule has 1 aromatic heterocycles. The minimum atomic E-state index is -0.0947. The monoisotopic (exact) mass is 245 g/mol. The standard InChI is InChI=1S/C15H19NO2/c1-3-4-5-6-11-9-14(18)16-15-10(2)13(17)8-7-12(11)15/h7-9,17H,3-6H2,1-2H3,(H,16,18). The Morgan fingerprint density at radius 2 is 2.06 bits per heavy atom. The second kappa shape index (κ2) is 5.25. The van der Waals surface area contributed by atoms with E-state index in [9.17, 15) is 9.90 Å². The minimum Gasteiger partial charge on any atom is -0.508 e. The Labute approximate surface area is 106 Å². The summed E-state index contributed by atoms with van der Waals surface area (Å²) in [5, 5.41) is 10.7. The molecule has 1 aromatic carbocycles. The van der Waals surface area contributed by atoms with Crippen molar-refractivity contribution in [3.05, 3.63) is 39.7 Å². The number of rotatable bonds is 4. The molecule has 2 N–H and O–H groups in total. The molecule has 0 atom stereocenters. The number of aromatic hydroxyl groups is 1. The molecule has 0 radical (unpaired) electrons. The Morgan fingerprint density at radius 1 is 1.28 bits per heavy atom. The zero-order valence-electron chi connectivity index (χ0n) is 10.9. The summed E-state index contributed by atoms with van der Waals surface area (Å²) in [7, 11) is 0. The number of phenolic OH excluding ortho intramolecular Hbond substituents is 1. The maximum atomic E-state index is 11.7. The van der Waals surface area contributed by atoms with Gasteiger partial charge in [-0.15, -0.1) is 0 Å². The van der Waals surface area contributed by atoms with Gasteiger partial charge in [0, 0.05) is 17.0 Å². The highest BCUT2D eigenvalue weighted by atomic mass is 16.3. The fourth-order valence-electron chi connectivity index (χ4n) is 2.30. The summed E-state index contributed by atoms with van der Waals surface area (Å²) in [6.07, 6.45) is 4.35. The SMILES string of the molecule is CCCCCc1cc(=O)[nH]c2c(C)c(O)ccc12. The fraction of sp³-hybridized carbons (Fsp3) is 0.400. The average Bonchev–Trinajstić information content (AvgIpc) is 2.34. The van der Waals surface area contributed by atoms with Gasteiger partial charge in [-0.25, -0.2) is 0 Å². The number of hydrogen-bond acceptors (Lipinski definition) is 2. The molecule has 2 rings (SSSR count). The lowest BCUT2D eigenvalue weighted by molar-refractivity contribution is 0.472. The van der Waals surface area contributed by atoms with E-state index in [1.54, 1.807) is 12.1 Å². The molecule has 0 saturated heterocycles. The predicted molar refractivity (Wildman–Crippen MR) is 74.2 cm³/mol. The van der Waals surface area contributed by atoms with Crippen LogP contribution in [0.15, 0.2) is 23.0 Å². The molecule has 3 nitrogen and oxygen atoms in total. The lowest BCUT2D eigenvalue weighted by Gasteiger charge is -2.09. The highest BCUT2D eigenvalue weighted by molar-refractivity contribution is 5.86. The topological polar surface area (TPSA) is 53.1 Å². The van der Waals surface area contributed by atoms with Crippen LogP contribution in [0, 0.1) is 6.92 Å². The van der Waals surface area contributed by atoms with Gasteiger partial charge in [0.1, 0.15) is 5.75 Å². The Kier molecular flexibility index (Phi) is 3.70. The van der Waals surface area contributed by atoms with Crippen molar-refractivity contribution in [2.45, 2.75) is 39.5 Å². The number of nitrogens with one attached hydrogen (secondary N) is 1. The van der Waals surface area contributed by atoms with Gasteiger partial charge in [-0.05, 0) is 37.5 Å². The molecular formula is C15H19NO2. The van der Waals surface area contributed by atoms with Crippen LogP contribution in [0.2, 0.25) is 0 Å². The summed E-state index contributed by atoms with van der Waals surface area (Å²) in [5.41, 5.74) is 2.48. The predicted octanol–water partition coefficient (Wildman–Crippen LogP) is 3.27. The molecule has 0 spiro atoms. The number of pyridine rings is 1. The van der Waals surface area contributed by atoms with Crippen molar-refractivity contribution in [1.29, 1.82) is 0 Å². The number of aromatic amines is 1. The van der Waals surface area contributed by atoms with E-state index in [1.165, 1.54) is 12.8 Å². The van der Waals surface area contributed by atoms with Crippen molar-refractivity contribution in [3.63, 3.8) is 0 Å². The summed E-state index contributed by atoms with van der Waals surface area (Å²) >= 11 is 0. The zero-order valence-corrected chi connectivity index (χ0v) is 10.9. The van der Waals surface area contributed by atoms with Crippen molar-refractivity contribution in [1.82, 2.24) is 4.98 Å². The Bertz CT molecular complexity index is 614. The molecule has 0 bridgehead atoms. The highest BCUT2D eigenvalue weighted by Gasteiger charge is 2.08. The van der Waals surface area contributed by atoms with Gasteiger partial charge >= 0.3 is 0 Å². The molecule has 2 aromatic rings. The van der Waals surface area contributed by atoms with Crippen LogP contribution in [0.4, 0.5) is 0 Å². The molecule has 1 heterocycles. The zero-order chi connectivity index (χ0) is 13.1. The van der Waals surface area contributed by atoms with Gasteiger partial charge in [0.2, 0.25) is 5.56 Å². The highest BCUT2D eigenvalue weighted by Crippen LogP contribution is 2.26. The minimum absolute atomic E-state index is 0.0947. The number of benzene rings is 1. The van der Waals surface area contributed by atoms with E-state index in [0.717, 1.165) is 34.9 Å². The first kappa shape index (κ1) is 12.7. The fourth-order valence-corrected chi connectivity index (χ4v) is 2.30. The largest absolute Gasteiger partial charge is 0.508 e. The summed E-state index contributed by atoms with van der Waals surface area (Å²) in [6, 6.07) is 5.25. The quantitative estimate of drug-likeness (QED) is 0.812. The second-order valence-corrected chi connectivity index (χ2v) is 4.75. The van der Waals surface area contributed by atoms with Crippen LogP contribution in [0.5, 0.6) is 5.75 Å². The van der Waals surface area contributed by atoms with E-state index in [2.05, 4.69) is 11.9 Å². The van der Waals surface area contributed by atoms with Gasteiger partial charge in [0.05, 0.1) is 5.52 Å². The maximum Gasteiger partial charge on any atom is 0.248 e. The van der Waals surface area contributed by atoms with E-state index in [1.807, 2.05) is 13.0 Å². The number of phenols is 1. The van der Waals surface area contributed by atoms with Crippen LogP contribution >= 0.6 is 0 Å². The van der Waals surface area contributed by atoms with Crippen LogP contribution < -0.4 is 5.56 Å². The third-order valence-electron chi connectivity index (χ3n) is 3.39. The second-order valence-electron chi connectivity index (χ2n) is 4.75. The molecule has 3 heteroatoms. The van der Waals surface area contributed by atoms with Crippen molar-refractivity contribution < 1.29 is 5.11 Å². The first-order valence-electron chi connectivity index (χ1n) is 6.48. The normalized spacial score (nSPS) is 11.0. The van der Waals surface area contributed by atoms with Gasteiger partial charge < -0.3 is 10.1 Å². The lowest BCUT2D eigenvalue weighted by atomic mass is 10.0. The first-order chi connectivity index (χ1) is 8.63. The Morgan fingerprint density at radius 3 is 2.78 bits per heavy atom. The summed E-state index contributed by atoms with van der Waals surface area (Å²) < 4.78 is 0. The molecule has 0 aliphatic heterocycles. The summed E-state index contributed by atoms with van der Waals surface area (Å²) in [6.45, 7) is 3.99. The van der Waals surface area contributed by atoms with E-state index in [0.29, 0.717) is 0 Å². The molecule has 0 fully saturated rings. The van der Waals surface area contributed by atoms with Crippen LogP contribution in [0.25, 0.3) is 10.9 Å². The van der Waals surface area contributed by atoms with E-state index >= 15 is 0 Å². The van der Waals surface area contributed by atoms with Crippen LogP contribution in [0.3, 0.4) is 0 Å². The van der Waals surface area contributed by atoms with E-state index in [-0.39, 0.29) is 11.3 Å². The van der Waals surface area contributed by atoms with Crippen molar-refractivity contribution >= 4 is 10.9 Å². The van der Waals surface area contributed by atoms with E-state index in [4.69, 9.17) is 0 Å². The number of hydrogen-bond donors (Lipinski definition) is 2. The van der Waals surface area contributed by atoms with Crippen LogP contribution in [-0.2, 0) is 6.42 Å². The molecule has 0 saturated carbocycles. The number of aryl methyl sites for hydroxylation is 2. The third-order valence-corrected chi connectivity index (χ3v) is 3.39. The van der Waals surface area contributed by atoms with Crippen LogP contribution in [0.1, 0.15) is 37.3 Å². The van der Waals surface area contributed by atoms with Gasteiger partial charge in [-0.1, -0.05) is 19.8 Å². The van der Waals surface area contributed by atoms with Gasteiger partial charge in [-0.2, -0.15) is 0 Å². The smallest absolute Gasteiger partial charge is 0.248 e. The number of fused-ring (bicyclic) bond motifs is 1.